The summed E-state index contributed by atoms with van der Waals surface area (Å²) in [5.74, 6) is 0.719. The largest absolute Gasteiger partial charge is 0.356 e. The van der Waals surface area contributed by atoms with Crippen LogP contribution in [-0.2, 0) is 4.79 Å². The van der Waals surface area contributed by atoms with Gasteiger partial charge in [0.15, 0.2) is 0 Å². The lowest BCUT2D eigenvalue weighted by molar-refractivity contribution is -0.121. The van der Waals surface area contributed by atoms with Gasteiger partial charge in [-0.1, -0.05) is 13.8 Å². The minimum Gasteiger partial charge on any atom is -0.356 e. The van der Waals surface area contributed by atoms with E-state index in [1.54, 1.807) is 0 Å². The molecule has 2 rings (SSSR count). The van der Waals surface area contributed by atoms with Gasteiger partial charge in [-0.3, -0.25) is 9.69 Å². The molecule has 2 saturated heterocycles. The first-order valence-electron chi connectivity index (χ1n) is 7.34. The van der Waals surface area contributed by atoms with E-state index >= 15 is 0 Å². The average Bonchev–Trinajstić information content (AvgIpc) is 2.54. The van der Waals surface area contributed by atoms with Crippen LogP contribution in [0, 0.1) is 5.92 Å². The molecule has 2 aliphatic heterocycles. The molecule has 0 spiro atoms. The predicted molar refractivity (Wildman–Crippen MR) is 73.2 cm³/mol. The number of amides is 1. The van der Waals surface area contributed by atoms with Crippen molar-refractivity contribution in [2.75, 3.05) is 13.1 Å². The van der Waals surface area contributed by atoms with Crippen molar-refractivity contribution in [3.8, 4) is 0 Å². The van der Waals surface area contributed by atoms with Gasteiger partial charge in [0.2, 0.25) is 5.91 Å². The van der Waals surface area contributed by atoms with Crippen LogP contribution in [0.15, 0.2) is 0 Å². The molecule has 18 heavy (non-hydrogen) atoms. The predicted octanol–water partition coefficient (Wildman–Crippen LogP) is 1.10. The molecule has 0 aliphatic carbocycles. The van der Waals surface area contributed by atoms with Gasteiger partial charge < -0.3 is 11.1 Å². The Morgan fingerprint density at radius 1 is 1.33 bits per heavy atom. The molecule has 0 aromatic carbocycles. The molecule has 2 bridgehead atoms. The van der Waals surface area contributed by atoms with Crippen molar-refractivity contribution in [1.29, 1.82) is 0 Å². The fourth-order valence-corrected chi connectivity index (χ4v) is 3.32. The van der Waals surface area contributed by atoms with Gasteiger partial charge in [-0.25, -0.2) is 0 Å². The third kappa shape index (κ3) is 3.45. The highest BCUT2D eigenvalue weighted by Crippen LogP contribution is 2.34. The zero-order valence-electron chi connectivity index (χ0n) is 11.7. The smallest absolute Gasteiger partial charge is 0.221 e. The molecule has 2 heterocycles. The van der Waals surface area contributed by atoms with Crippen molar-refractivity contribution in [2.24, 2.45) is 11.7 Å². The molecular formula is C14H27N3O. The third-order valence-corrected chi connectivity index (χ3v) is 4.23. The van der Waals surface area contributed by atoms with Crippen molar-refractivity contribution >= 4 is 5.91 Å². The molecule has 0 aromatic heterocycles. The van der Waals surface area contributed by atoms with Crippen LogP contribution >= 0.6 is 0 Å². The van der Waals surface area contributed by atoms with Gasteiger partial charge in [-0.05, 0) is 31.6 Å². The molecule has 4 nitrogen and oxygen atoms in total. The number of nitrogens with one attached hydrogen (secondary N) is 1. The maximum Gasteiger partial charge on any atom is 0.221 e. The van der Waals surface area contributed by atoms with E-state index in [0.717, 1.165) is 25.9 Å². The average molecular weight is 253 g/mol. The minimum absolute atomic E-state index is 0.193. The molecular weight excluding hydrogens is 226 g/mol. The number of rotatable bonds is 5. The summed E-state index contributed by atoms with van der Waals surface area (Å²) in [6.07, 6.45) is 5.40. The molecule has 3 N–H and O–H groups in total. The van der Waals surface area contributed by atoms with E-state index in [0.29, 0.717) is 30.5 Å². The highest BCUT2D eigenvalue weighted by Gasteiger charge is 2.39. The van der Waals surface area contributed by atoms with Crippen LogP contribution in [0.25, 0.3) is 0 Å². The molecule has 0 aromatic rings. The van der Waals surface area contributed by atoms with Crippen LogP contribution in [-0.4, -0.2) is 42.0 Å². The standard InChI is InChI=1S/C14H27N3O/c1-10(2)9-16-14(18)5-6-17-12-3-4-13(17)8-11(15)7-12/h10-13H,3-9,15H2,1-2H3,(H,16,18). The highest BCUT2D eigenvalue weighted by molar-refractivity contribution is 5.76. The van der Waals surface area contributed by atoms with E-state index in [-0.39, 0.29) is 5.91 Å². The Morgan fingerprint density at radius 2 is 1.94 bits per heavy atom. The van der Waals surface area contributed by atoms with Crippen LogP contribution < -0.4 is 11.1 Å². The summed E-state index contributed by atoms with van der Waals surface area (Å²) in [7, 11) is 0. The minimum atomic E-state index is 0.193. The topological polar surface area (TPSA) is 58.4 Å². The van der Waals surface area contributed by atoms with Crippen LogP contribution in [0.5, 0.6) is 0 Å². The van der Waals surface area contributed by atoms with Crippen molar-refractivity contribution in [3.63, 3.8) is 0 Å². The molecule has 2 aliphatic rings. The van der Waals surface area contributed by atoms with Gasteiger partial charge in [-0.2, -0.15) is 0 Å². The summed E-state index contributed by atoms with van der Waals surface area (Å²) < 4.78 is 0. The molecule has 2 fully saturated rings. The second-order valence-corrected chi connectivity index (χ2v) is 6.30. The number of nitrogens with zero attached hydrogens (tertiary/aromatic N) is 1. The molecule has 1 amide bonds. The van der Waals surface area contributed by atoms with Crippen LogP contribution in [0.2, 0.25) is 0 Å². The van der Waals surface area contributed by atoms with E-state index in [9.17, 15) is 4.79 Å². The quantitative estimate of drug-likeness (QED) is 0.771. The summed E-state index contributed by atoms with van der Waals surface area (Å²) in [6, 6.07) is 1.65. The summed E-state index contributed by atoms with van der Waals surface area (Å²) in [6.45, 7) is 5.93. The number of hydrogen-bond donors (Lipinski definition) is 2. The molecule has 104 valence electrons. The summed E-state index contributed by atoms with van der Waals surface area (Å²) in [4.78, 5) is 14.3. The Balaban J connectivity index is 1.72. The Labute approximate surface area is 110 Å². The van der Waals surface area contributed by atoms with E-state index < -0.39 is 0 Å². The first-order valence-corrected chi connectivity index (χ1v) is 7.34. The number of nitrogens with two attached hydrogens (primary N) is 1. The molecule has 4 heteroatoms. The summed E-state index contributed by atoms with van der Waals surface area (Å²) >= 11 is 0. The maximum atomic E-state index is 11.7. The van der Waals surface area contributed by atoms with Crippen LogP contribution in [0.3, 0.4) is 0 Å². The van der Waals surface area contributed by atoms with Gasteiger partial charge in [-0.15, -0.1) is 0 Å². The lowest BCUT2D eigenvalue weighted by atomic mass is 9.98. The van der Waals surface area contributed by atoms with E-state index in [1.165, 1.54) is 12.8 Å². The van der Waals surface area contributed by atoms with Crippen LogP contribution in [0.1, 0.15) is 46.0 Å². The van der Waals surface area contributed by atoms with Gasteiger partial charge in [0.1, 0.15) is 0 Å². The monoisotopic (exact) mass is 253 g/mol. The Kier molecular flexibility index (Phi) is 4.62. The van der Waals surface area contributed by atoms with Crippen molar-refractivity contribution in [3.05, 3.63) is 0 Å². The summed E-state index contributed by atoms with van der Waals surface area (Å²) in [5, 5.41) is 2.99. The molecule has 2 unspecified atom stereocenters. The first kappa shape index (κ1) is 13.8. The fraction of sp³-hybridized carbons (Fsp3) is 0.929. The lowest BCUT2D eigenvalue weighted by Gasteiger charge is -2.37. The summed E-state index contributed by atoms with van der Waals surface area (Å²) in [5.41, 5.74) is 6.05. The van der Waals surface area contributed by atoms with E-state index in [1.807, 2.05) is 0 Å². The van der Waals surface area contributed by atoms with Crippen molar-refractivity contribution < 1.29 is 4.79 Å². The van der Waals surface area contributed by atoms with E-state index in [4.69, 9.17) is 5.73 Å². The normalized spacial score (nSPS) is 31.9. The molecule has 0 saturated carbocycles. The second-order valence-electron chi connectivity index (χ2n) is 6.30. The SMILES string of the molecule is CC(C)CNC(=O)CCN1C2CCC1CC(N)C2. The number of fused-ring (bicyclic) bond motifs is 2. The maximum absolute atomic E-state index is 11.7. The third-order valence-electron chi connectivity index (χ3n) is 4.23. The zero-order valence-corrected chi connectivity index (χ0v) is 11.7. The number of hydrogen-bond acceptors (Lipinski definition) is 3. The Morgan fingerprint density at radius 3 is 2.50 bits per heavy atom. The number of piperidine rings is 1. The van der Waals surface area contributed by atoms with Crippen molar-refractivity contribution in [1.82, 2.24) is 10.2 Å². The first-order chi connectivity index (χ1) is 8.56. The molecule has 0 radical (unpaired) electrons. The van der Waals surface area contributed by atoms with Crippen molar-refractivity contribution in [2.45, 2.75) is 64.1 Å². The lowest BCUT2D eigenvalue weighted by Crippen LogP contribution is -2.48. The second kappa shape index (κ2) is 6.02. The fourth-order valence-electron chi connectivity index (χ4n) is 3.32. The van der Waals surface area contributed by atoms with Gasteiger partial charge in [0.05, 0.1) is 0 Å². The number of carbonyl (C=O) groups excluding carboxylic acids is 1. The highest BCUT2D eigenvalue weighted by atomic mass is 16.1. The number of carbonyl (C=O) groups is 1. The molecule has 2 atom stereocenters. The van der Waals surface area contributed by atoms with Crippen LogP contribution in [0.4, 0.5) is 0 Å². The van der Waals surface area contributed by atoms with Gasteiger partial charge >= 0.3 is 0 Å². The zero-order chi connectivity index (χ0) is 13.1. The Bertz CT molecular complexity index is 279. The Hall–Kier alpha value is -0.610. The van der Waals surface area contributed by atoms with Gasteiger partial charge in [0, 0.05) is 37.6 Å². The van der Waals surface area contributed by atoms with Gasteiger partial charge in [0.25, 0.3) is 0 Å². The van der Waals surface area contributed by atoms with E-state index in [2.05, 4.69) is 24.1 Å².